The van der Waals surface area contributed by atoms with Gasteiger partial charge in [-0.1, -0.05) is 18.2 Å². The van der Waals surface area contributed by atoms with Crippen LogP contribution >= 0.6 is 0 Å². The molecular formula is C19H27NO5. The van der Waals surface area contributed by atoms with Crippen LogP contribution in [0.2, 0.25) is 0 Å². The number of alkyl carbamates (subject to hydrolysis) is 1. The molecule has 0 aliphatic carbocycles. The highest BCUT2D eigenvalue weighted by atomic mass is 16.6. The van der Waals surface area contributed by atoms with Crippen LogP contribution in [0, 0.1) is 0 Å². The normalized spacial score (nSPS) is 12.4. The Labute approximate surface area is 148 Å². The fraction of sp³-hybridized carbons (Fsp3) is 0.526. The van der Waals surface area contributed by atoms with Crippen molar-refractivity contribution in [2.45, 2.75) is 65.7 Å². The molecule has 0 radical (unpaired) electrons. The highest BCUT2D eigenvalue weighted by Crippen LogP contribution is 2.12. The zero-order chi connectivity index (χ0) is 19.2. The number of nitrogens with one attached hydrogen (secondary N) is 1. The number of Topliss-reactive ketones (excluding diaryl/α,β-unsaturated/α-hetero) is 1. The molecule has 1 amide bonds. The Morgan fingerprint density at radius 1 is 1.16 bits per heavy atom. The number of carbonyl (C=O) groups is 3. The summed E-state index contributed by atoms with van der Waals surface area (Å²) >= 11 is 0. The zero-order valence-electron chi connectivity index (χ0n) is 15.7. The number of esters is 1. The average molecular weight is 349 g/mol. The van der Waals surface area contributed by atoms with Crippen molar-refractivity contribution in [3.05, 3.63) is 35.4 Å². The van der Waals surface area contributed by atoms with Crippen LogP contribution < -0.4 is 5.32 Å². The van der Waals surface area contributed by atoms with E-state index in [1.807, 2.05) is 0 Å². The van der Waals surface area contributed by atoms with Gasteiger partial charge in [-0.3, -0.25) is 4.79 Å². The van der Waals surface area contributed by atoms with Crippen molar-refractivity contribution >= 4 is 17.8 Å². The predicted molar refractivity (Wildman–Crippen MR) is 94.5 cm³/mol. The fourth-order valence-corrected chi connectivity index (χ4v) is 2.11. The molecule has 6 heteroatoms. The van der Waals surface area contributed by atoms with Gasteiger partial charge in [-0.05, 0) is 53.2 Å². The van der Waals surface area contributed by atoms with Crippen LogP contribution in [-0.4, -0.2) is 35.6 Å². The lowest BCUT2D eigenvalue weighted by atomic mass is 10.0. The summed E-state index contributed by atoms with van der Waals surface area (Å²) in [6.45, 7) is 10.2. The van der Waals surface area contributed by atoms with Gasteiger partial charge in [0.1, 0.15) is 11.6 Å². The van der Waals surface area contributed by atoms with Crippen molar-refractivity contribution in [2.24, 2.45) is 0 Å². The predicted octanol–water partition coefficient (Wildman–Crippen LogP) is 3.28. The van der Waals surface area contributed by atoms with Gasteiger partial charge in [-0.15, -0.1) is 0 Å². The molecule has 0 bridgehead atoms. The largest absolute Gasteiger partial charge is 0.461 e. The molecular weight excluding hydrogens is 322 g/mol. The van der Waals surface area contributed by atoms with Crippen LogP contribution in [0.5, 0.6) is 0 Å². The van der Waals surface area contributed by atoms with Gasteiger partial charge in [-0.2, -0.15) is 0 Å². The van der Waals surface area contributed by atoms with Crippen LogP contribution in [-0.2, 0) is 20.7 Å². The molecule has 0 fully saturated rings. The van der Waals surface area contributed by atoms with Crippen molar-refractivity contribution in [1.82, 2.24) is 5.32 Å². The number of benzene rings is 1. The third kappa shape index (κ3) is 7.83. The fourth-order valence-electron chi connectivity index (χ4n) is 2.11. The minimum absolute atomic E-state index is 0.0664. The van der Waals surface area contributed by atoms with E-state index in [-0.39, 0.29) is 18.3 Å². The van der Waals surface area contributed by atoms with Crippen LogP contribution in [0.4, 0.5) is 4.79 Å². The standard InChI is InChI=1S/C19H27NO5/c1-12(2)24-17(22)16(20-18(23)25-19(4,5)6)11-14-8-7-9-15(10-14)13(3)21/h7-10,12,16H,11H2,1-6H3,(H,20,23). The first-order chi connectivity index (χ1) is 11.5. The second-order valence-corrected chi connectivity index (χ2v) is 7.15. The summed E-state index contributed by atoms with van der Waals surface area (Å²) in [5.74, 6) is -0.614. The molecule has 0 aliphatic heterocycles. The average Bonchev–Trinajstić information content (AvgIpc) is 2.44. The van der Waals surface area contributed by atoms with Gasteiger partial charge in [-0.25, -0.2) is 9.59 Å². The molecule has 1 rings (SSSR count). The summed E-state index contributed by atoms with van der Waals surface area (Å²) in [4.78, 5) is 35.9. The van der Waals surface area contributed by atoms with E-state index >= 15 is 0 Å². The summed E-state index contributed by atoms with van der Waals surface area (Å²) < 4.78 is 10.4. The molecule has 1 aromatic carbocycles. The number of rotatable bonds is 6. The van der Waals surface area contributed by atoms with Gasteiger partial charge in [0.05, 0.1) is 6.10 Å². The first kappa shape index (κ1) is 20.7. The Morgan fingerprint density at radius 2 is 1.80 bits per heavy atom. The van der Waals surface area contributed by atoms with E-state index in [2.05, 4.69) is 5.32 Å². The zero-order valence-corrected chi connectivity index (χ0v) is 15.7. The topological polar surface area (TPSA) is 81.7 Å². The first-order valence-electron chi connectivity index (χ1n) is 8.28. The molecule has 138 valence electrons. The van der Waals surface area contributed by atoms with Crippen LogP contribution in [0.3, 0.4) is 0 Å². The van der Waals surface area contributed by atoms with Crippen LogP contribution in [0.25, 0.3) is 0 Å². The molecule has 1 N–H and O–H groups in total. The molecule has 0 aliphatic rings. The lowest BCUT2D eigenvalue weighted by Gasteiger charge is -2.23. The number of hydrogen-bond acceptors (Lipinski definition) is 5. The quantitative estimate of drug-likeness (QED) is 0.629. The minimum atomic E-state index is -0.903. The molecule has 0 aromatic heterocycles. The Balaban J connectivity index is 2.94. The Kier molecular flexibility index (Phi) is 7.15. The lowest BCUT2D eigenvalue weighted by molar-refractivity contribution is -0.149. The Hall–Kier alpha value is -2.37. The summed E-state index contributed by atoms with van der Waals surface area (Å²) in [6, 6.07) is 6.03. The molecule has 6 nitrogen and oxygen atoms in total. The maximum absolute atomic E-state index is 12.3. The van der Waals surface area contributed by atoms with E-state index in [1.165, 1.54) is 6.92 Å². The third-order valence-corrected chi connectivity index (χ3v) is 3.10. The number of carbonyl (C=O) groups excluding carboxylic acids is 3. The van der Waals surface area contributed by atoms with E-state index in [1.54, 1.807) is 58.9 Å². The van der Waals surface area contributed by atoms with Crippen molar-refractivity contribution in [3.63, 3.8) is 0 Å². The van der Waals surface area contributed by atoms with Gasteiger partial charge in [0.2, 0.25) is 0 Å². The SMILES string of the molecule is CC(=O)c1cccc(CC(NC(=O)OC(C)(C)C)C(=O)OC(C)C)c1. The summed E-state index contributed by atoms with van der Waals surface area (Å²) in [7, 11) is 0. The molecule has 0 heterocycles. The maximum atomic E-state index is 12.3. The highest BCUT2D eigenvalue weighted by molar-refractivity contribution is 5.94. The number of hydrogen-bond donors (Lipinski definition) is 1. The lowest BCUT2D eigenvalue weighted by Crippen LogP contribution is -2.46. The summed E-state index contributed by atoms with van der Waals surface area (Å²) in [6.07, 6.45) is -0.800. The minimum Gasteiger partial charge on any atom is -0.461 e. The van der Waals surface area contributed by atoms with E-state index in [4.69, 9.17) is 9.47 Å². The third-order valence-electron chi connectivity index (χ3n) is 3.10. The second-order valence-electron chi connectivity index (χ2n) is 7.15. The van der Waals surface area contributed by atoms with Gasteiger partial charge in [0.15, 0.2) is 5.78 Å². The summed E-state index contributed by atoms with van der Waals surface area (Å²) in [5.41, 5.74) is 0.616. The van der Waals surface area contributed by atoms with Crippen LogP contribution in [0.1, 0.15) is 57.5 Å². The van der Waals surface area contributed by atoms with Crippen molar-refractivity contribution < 1.29 is 23.9 Å². The molecule has 1 aromatic rings. The van der Waals surface area contributed by atoms with Crippen molar-refractivity contribution in [1.29, 1.82) is 0 Å². The van der Waals surface area contributed by atoms with Crippen molar-refractivity contribution in [2.75, 3.05) is 0 Å². The molecule has 1 atom stereocenters. The van der Waals surface area contributed by atoms with Crippen LogP contribution in [0.15, 0.2) is 24.3 Å². The van der Waals surface area contributed by atoms with Gasteiger partial charge in [0, 0.05) is 12.0 Å². The second kappa shape index (κ2) is 8.65. The molecule has 0 spiro atoms. The van der Waals surface area contributed by atoms with E-state index in [0.29, 0.717) is 5.56 Å². The molecule has 0 saturated heterocycles. The number of amides is 1. The molecule has 1 unspecified atom stereocenters. The van der Waals surface area contributed by atoms with E-state index in [9.17, 15) is 14.4 Å². The van der Waals surface area contributed by atoms with Gasteiger partial charge < -0.3 is 14.8 Å². The number of ketones is 1. The number of ether oxygens (including phenoxy) is 2. The first-order valence-corrected chi connectivity index (χ1v) is 8.28. The Bertz CT molecular complexity index is 631. The Morgan fingerprint density at radius 3 is 2.32 bits per heavy atom. The van der Waals surface area contributed by atoms with Gasteiger partial charge in [0.25, 0.3) is 0 Å². The van der Waals surface area contributed by atoms with E-state index in [0.717, 1.165) is 5.56 Å². The van der Waals surface area contributed by atoms with Crippen molar-refractivity contribution in [3.8, 4) is 0 Å². The van der Waals surface area contributed by atoms with Gasteiger partial charge >= 0.3 is 12.1 Å². The maximum Gasteiger partial charge on any atom is 0.408 e. The highest BCUT2D eigenvalue weighted by Gasteiger charge is 2.26. The molecule has 0 saturated carbocycles. The summed E-state index contributed by atoms with van der Waals surface area (Å²) in [5, 5.41) is 2.56. The molecule has 25 heavy (non-hydrogen) atoms. The van der Waals surface area contributed by atoms with E-state index < -0.39 is 23.7 Å². The smallest absolute Gasteiger partial charge is 0.408 e. The monoisotopic (exact) mass is 349 g/mol.